The molecule has 0 radical (unpaired) electrons. The molecular weight excluding hydrogens is 250 g/mol. The van der Waals surface area contributed by atoms with Crippen LogP contribution >= 0.6 is 0 Å². The van der Waals surface area contributed by atoms with Crippen LogP contribution in [-0.2, 0) is 6.54 Å². The van der Waals surface area contributed by atoms with Crippen molar-refractivity contribution in [3.8, 4) is 0 Å². The van der Waals surface area contributed by atoms with Gasteiger partial charge in [-0.25, -0.2) is 0 Å². The molecule has 1 aromatic heterocycles. The van der Waals surface area contributed by atoms with Gasteiger partial charge in [0.1, 0.15) is 6.23 Å². The van der Waals surface area contributed by atoms with Crippen LogP contribution < -0.4 is 5.32 Å². The van der Waals surface area contributed by atoms with E-state index in [1.807, 2.05) is 37.2 Å². The van der Waals surface area contributed by atoms with Crippen LogP contribution in [0.4, 0.5) is 11.4 Å². The van der Waals surface area contributed by atoms with Crippen LogP contribution in [0.3, 0.4) is 0 Å². The molecule has 2 N–H and O–H groups in total. The van der Waals surface area contributed by atoms with E-state index >= 15 is 0 Å². The SMILES string of the molecule is Cc1cc(C)c(Nc2ccc3c(c2)CN(C)C3O)cn1. The van der Waals surface area contributed by atoms with Crippen molar-refractivity contribution in [3.05, 3.63) is 52.8 Å². The fraction of sp³-hybridized carbons (Fsp3) is 0.312. The van der Waals surface area contributed by atoms with Crippen molar-refractivity contribution >= 4 is 11.4 Å². The van der Waals surface area contributed by atoms with Crippen molar-refractivity contribution in [2.45, 2.75) is 26.6 Å². The maximum atomic E-state index is 10.0. The summed E-state index contributed by atoms with van der Waals surface area (Å²) >= 11 is 0. The smallest absolute Gasteiger partial charge is 0.133 e. The average Bonchev–Trinajstić information content (AvgIpc) is 2.68. The van der Waals surface area contributed by atoms with Gasteiger partial charge in [0, 0.05) is 17.9 Å². The Labute approximate surface area is 119 Å². The predicted molar refractivity (Wildman–Crippen MR) is 79.9 cm³/mol. The molecule has 2 heterocycles. The number of benzene rings is 1. The van der Waals surface area contributed by atoms with Crippen molar-refractivity contribution in [1.82, 2.24) is 9.88 Å². The van der Waals surface area contributed by atoms with E-state index in [0.29, 0.717) is 0 Å². The third-order valence-corrected chi connectivity index (χ3v) is 3.78. The fourth-order valence-corrected chi connectivity index (χ4v) is 2.65. The molecule has 4 heteroatoms. The average molecular weight is 269 g/mol. The zero-order chi connectivity index (χ0) is 14.3. The van der Waals surface area contributed by atoms with Gasteiger partial charge in [0.15, 0.2) is 0 Å². The molecule has 0 amide bonds. The molecule has 1 unspecified atom stereocenters. The van der Waals surface area contributed by atoms with E-state index in [-0.39, 0.29) is 0 Å². The third kappa shape index (κ3) is 2.28. The second kappa shape index (κ2) is 4.89. The molecule has 0 bridgehead atoms. The van der Waals surface area contributed by atoms with Gasteiger partial charge < -0.3 is 10.4 Å². The number of aromatic nitrogens is 1. The topological polar surface area (TPSA) is 48.4 Å². The molecule has 0 spiro atoms. The Morgan fingerprint density at radius 2 is 2.10 bits per heavy atom. The number of hydrogen-bond acceptors (Lipinski definition) is 4. The second-order valence-electron chi connectivity index (χ2n) is 5.47. The first-order valence-corrected chi connectivity index (χ1v) is 6.76. The highest BCUT2D eigenvalue weighted by Gasteiger charge is 2.25. The summed E-state index contributed by atoms with van der Waals surface area (Å²) in [6.07, 6.45) is 1.38. The lowest BCUT2D eigenvalue weighted by Gasteiger charge is -2.13. The number of pyridine rings is 1. The van der Waals surface area contributed by atoms with Gasteiger partial charge in [0.05, 0.1) is 11.9 Å². The Morgan fingerprint density at radius 1 is 1.30 bits per heavy atom. The molecule has 0 saturated heterocycles. The van der Waals surface area contributed by atoms with Crippen LogP contribution in [0.15, 0.2) is 30.5 Å². The van der Waals surface area contributed by atoms with Gasteiger partial charge in [0.25, 0.3) is 0 Å². The van der Waals surface area contributed by atoms with E-state index < -0.39 is 6.23 Å². The van der Waals surface area contributed by atoms with Crippen LogP contribution in [0, 0.1) is 13.8 Å². The molecular formula is C16H19N3O. The summed E-state index contributed by atoms with van der Waals surface area (Å²) in [6.45, 7) is 4.84. The number of rotatable bonds is 2. The number of anilines is 2. The fourth-order valence-electron chi connectivity index (χ4n) is 2.65. The Balaban J connectivity index is 1.88. The molecule has 3 rings (SSSR count). The number of nitrogens with zero attached hydrogens (tertiary/aromatic N) is 2. The molecule has 1 aliphatic rings. The van der Waals surface area contributed by atoms with Crippen molar-refractivity contribution in [2.75, 3.05) is 12.4 Å². The third-order valence-electron chi connectivity index (χ3n) is 3.78. The van der Waals surface area contributed by atoms with Gasteiger partial charge in [-0.15, -0.1) is 0 Å². The molecule has 104 valence electrons. The Hall–Kier alpha value is -1.91. The molecule has 1 aliphatic heterocycles. The number of aryl methyl sites for hydroxylation is 2. The Kier molecular flexibility index (Phi) is 3.20. The molecule has 4 nitrogen and oxygen atoms in total. The predicted octanol–water partition coefficient (Wildman–Crippen LogP) is 2.88. The molecule has 2 aromatic rings. The molecule has 0 aliphatic carbocycles. The first-order valence-electron chi connectivity index (χ1n) is 6.76. The molecule has 1 aromatic carbocycles. The summed E-state index contributed by atoms with van der Waals surface area (Å²) in [7, 11) is 1.92. The lowest BCUT2D eigenvalue weighted by molar-refractivity contribution is 0.0337. The summed E-state index contributed by atoms with van der Waals surface area (Å²) < 4.78 is 0. The standard InChI is InChI=1S/C16H19N3O/c1-10-6-11(2)17-8-15(10)18-13-4-5-14-12(7-13)9-19(3)16(14)20/h4-8,16,18,20H,9H2,1-3H3. The van der Waals surface area contributed by atoms with Crippen LogP contribution in [0.25, 0.3) is 0 Å². The van der Waals surface area contributed by atoms with Crippen LogP contribution in [-0.4, -0.2) is 22.0 Å². The van der Waals surface area contributed by atoms with E-state index in [0.717, 1.165) is 29.2 Å². The van der Waals surface area contributed by atoms with E-state index in [2.05, 4.69) is 29.4 Å². The van der Waals surface area contributed by atoms with Gasteiger partial charge in [-0.2, -0.15) is 0 Å². The first-order chi connectivity index (χ1) is 9.54. The van der Waals surface area contributed by atoms with Crippen LogP contribution in [0.2, 0.25) is 0 Å². The van der Waals surface area contributed by atoms with Crippen LogP contribution in [0.5, 0.6) is 0 Å². The van der Waals surface area contributed by atoms with Gasteiger partial charge in [-0.3, -0.25) is 9.88 Å². The Morgan fingerprint density at radius 3 is 2.85 bits per heavy atom. The Bertz CT molecular complexity index is 654. The lowest BCUT2D eigenvalue weighted by atomic mass is 10.1. The van der Waals surface area contributed by atoms with Crippen molar-refractivity contribution in [2.24, 2.45) is 0 Å². The maximum Gasteiger partial charge on any atom is 0.133 e. The normalized spacial score (nSPS) is 18.1. The summed E-state index contributed by atoms with van der Waals surface area (Å²) in [6, 6.07) is 8.15. The monoisotopic (exact) mass is 269 g/mol. The van der Waals surface area contributed by atoms with Crippen molar-refractivity contribution in [1.29, 1.82) is 0 Å². The van der Waals surface area contributed by atoms with Crippen molar-refractivity contribution in [3.63, 3.8) is 0 Å². The molecule has 0 saturated carbocycles. The highest BCUT2D eigenvalue weighted by Crippen LogP contribution is 2.33. The number of hydrogen-bond donors (Lipinski definition) is 2. The molecule has 20 heavy (non-hydrogen) atoms. The number of aliphatic hydroxyl groups is 1. The quantitative estimate of drug-likeness (QED) is 0.880. The summed E-state index contributed by atoms with van der Waals surface area (Å²) in [5, 5.41) is 13.4. The zero-order valence-corrected chi connectivity index (χ0v) is 12.0. The van der Waals surface area contributed by atoms with Crippen molar-refractivity contribution < 1.29 is 5.11 Å². The zero-order valence-electron chi connectivity index (χ0n) is 12.0. The number of fused-ring (bicyclic) bond motifs is 1. The summed E-state index contributed by atoms with van der Waals surface area (Å²) in [5.74, 6) is 0. The van der Waals surface area contributed by atoms with E-state index in [4.69, 9.17) is 0 Å². The second-order valence-corrected chi connectivity index (χ2v) is 5.47. The van der Waals surface area contributed by atoms with E-state index in [1.54, 1.807) is 0 Å². The number of nitrogens with one attached hydrogen (secondary N) is 1. The van der Waals surface area contributed by atoms with Gasteiger partial charge in [0.2, 0.25) is 0 Å². The van der Waals surface area contributed by atoms with Gasteiger partial charge in [-0.05, 0) is 55.8 Å². The van der Waals surface area contributed by atoms with E-state index in [9.17, 15) is 5.11 Å². The highest BCUT2D eigenvalue weighted by molar-refractivity contribution is 5.63. The highest BCUT2D eigenvalue weighted by atomic mass is 16.3. The summed E-state index contributed by atoms with van der Waals surface area (Å²) in [4.78, 5) is 6.25. The van der Waals surface area contributed by atoms with Gasteiger partial charge >= 0.3 is 0 Å². The van der Waals surface area contributed by atoms with Crippen LogP contribution in [0.1, 0.15) is 28.6 Å². The lowest BCUT2D eigenvalue weighted by Crippen LogP contribution is -2.15. The largest absolute Gasteiger partial charge is 0.374 e. The minimum Gasteiger partial charge on any atom is -0.374 e. The molecule has 0 fully saturated rings. The molecule has 1 atom stereocenters. The maximum absolute atomic E-state index is 10.0. The minimum atomic E-state index is -0.484. The first kappa shape index (κ1) is 13.1. The number of aliphatic hydroxyl groups excluding tert-OH is 1. The van der Waals surface area contributed by atoms with Gasteiger partial charge in [-0.1, -0.05) is 6.07 Å². The van der Waals surface area contributed by atoms with E-state index in [1.165, 1.54) is 11.1 Å². The minimum absolute atomic E-state index is 0.484. The summed E-state index contributed by atoms with van der Waals surface area (Å²) in [5.41, 5.74) is 6.41.